The average Bonchev–Trinajstić information content (AvgIpc) is 2.61. The molecule has 0 aliphatic rings. The number of imidazole rings is 1. The molecule has 1 aromatic heterocycles. The summed E-state index contributed by atoms with van der Waals surface area (Å²) in [6.45, 7) is 5.01. The summed E-state index contributed by atoms with van der Waals surface area (Å²) in [5, 5.41) is 0. The van der Waals surface area contributed by atoms with Gasteiger partial charge in [0, 0.05) is 31.4 Å². The van der Waals surface area contributed by atoms with Gasteiger partial charge in [-0.05, 0) is 6.42 Å². The number of aromatic nitrogens is 2. The highest BCUT2D eigenvalue weighted by Gasteiger charge is 2.10. The molecule has 2 N–H and O–H groups in total. The molecule has 0 aliphatic heterocycles. The van der Waals surface area contributed by atoms with Gasteiger partial charge in [-0.1, -0.05) is 20.3 Å². The van der Waals surface area contributed by atoms with Crippen LogP contribution in [-0.4, -0.2) is 16.1 Å². The largest absolute Gasteiger partial charge is 0.331 e. The number of aryl methyl sites for hydroxylation is 1. The summed E-state index contributed by atoms with van der Waals surface area (Å²) in [5.41, 5.74) is 5.73. The van der Waals surface area contributed by atoms with Gasteiger partial charge < -0.3 is 10.3 Å². The van der Waals surface area contributed by atoms with Crippen LogP contribution in [0.4, 0.5) is 0 Å². The molecule has 1 aromatic rings. The fourth-order valence-corrected chi connectivity index (χ4v) is 1.65. The molecule has 1 rings (SSSR count). The second kappa shape index (κ2) is 5.02. The van der Waals surface area contributed by atoms with Crippen LogP contribution in [0, 0.1) is 0 Å². The Bertz CT molecular complexity index is 242. The molecular formula is C10H19N3. The molecule has 3 nitrogen and oxygen atoms in total. The van der Waals surface area contributed by atoms with Gasteiger partial charge >= 0.3 is 0 Å². The Kier molecular flexibility index (Phi) is 3.96. The minimum absolute atomic E-state index is 0.433. The minimum Gasteiger partial charge on any atom is -0.331 e. The minimum atomic E-state index is 0.433. The van der Waals surface area contributed by atoms with Gasteiger partial charge in [-0.25, -0.2) is 4.98 Å². The number of nitrogens with zero attached hydrogens (tertiary/aromatic N) is 2. The van der Waals surface area contributed by atoms with Crippen LogP contribution in [0.25, 0.3) is 0 Å². The molecule has 0 saturated carbocycles. The number of nitrogens with two attached hydrogens (primary N) is 1. The van der Waals surface area contributed by atoms with Crippen molar-refractivity contribution >= 4 is 0 Å². The van der Waals surface area contributed by atoms with E-state index in [-0.39, 0.29) is 0 Å². The van der Waals surface area contributed by atoms with E-state index in [2.05, 4.69) is 23.4 Å². The van der Waals surface area contributed by atoms with Crippen molar-refractivity contribution in [2.75, 3.05) is 6.54 Å². The molecule has 1 atom stereocenters. The zero-order valence-corrected chi connectivity index (χ0v) is 8.53. The van der Waals surface area contributed by atoms with Crippen LogP contribution in [0.15, 0.2) is 12.4 Å². The molecule has 0 fully saturated rings. The molecule has 13 heavy (non-hydrogen) atoms. The fraction of sp³-hybridized carbons (Fsp3) is 0.700. The van der Waals surface area contributed by atoms with Crippen molar-refractivity contribution in [2.24, 2.45) is 5.73 Å². The second-order valence-electron chi connectivity index (χ2n) is 3.28. The Morgan fingerprint density at radius 1 is 1.54 bits per heavy atom. The van der Waals surface area contributed by atoms with Gasteiger partial charge in [-0.2, -0.15) is 0 Å². The molecule has 1 heterocycles. The number of rotatable bonds is 5. The van der Waals surface area contributed by atoms with Crippen LogP contribution in [0.1, 0.15) is 38.6 Å². The van der Waals surface area contributed by atoms with Crippen LogP contribution in [0.2, 0.25) is 0 Å². The van der Waals surface area contributed by atoms with Gasteiger partial charge in [-0.3, -0.25) is 0 Å². The van der Waals surface area contributed by atoms with Crippen LogP contribution in [0.5, 0.6) is 0 Å². The Hall–Kier alpha value is -0.830. The first-order valence-corrected chi connectivity index (χ1v) is 5.05. The zero-order valence-electron chi connectivity index (χ0n) is 8.53. The summed E-state index contributed by atoms with van der Waals surface area (Å²) >= 11 is 0. The monoisotopic (exact) mass is 181 g/mol. The summed E-state index contributed by atoms with van der Waals surface area (Å²) < 4.78 is 2.21. The molecule has 0 aliphatic carbocycles. The normalized spacial score (nSPS) is 13.2. The second-order valence-corrected chi connectivity index (χ2v) is 3.28. The van der Waals surface area contributed by atoms with E-state index in [4.69, 9.17) is 5.73 Å². The first-order chi connectivity index (χ1) is 6.33. The van der Waals surface area contributed by atoms with E-state index in [1.54, 1.807) is 0 Å². The van der Waals surface area contributed by atoms with Gasteiger partial charge in [0.05, 0.1) is 0 Å². The van der Waals surface area contributed by atoms with E-state index >= 15 is 0 Å². The standard InChI is InChI=1S/C10H19N3/c1-3-5-9(8-11)13-7-6-12-10(13)4-2/h6-7,9H,3-5,8,11H2,1-2H3. The topological polar surface area (TPSA) is 43.8 Å². The van der Waals surface area contributed by atoms with Gasteiger partial charge in [0.25, 0.3) is 0 Å². The van der Waals surface area contributed by atoms with Crippen molar-refractivity contribution in [2.45, 2.75) is 39.2 Å². The Balaban J connectivity index is 2.77. The Labute approximate surface area is 80.0 Å². The molecule has 1 unspecified atom stereocenters. The van der Waals surface area contributed by atoms with Crippen molar-refractivity contribution in [3.63, 3.8) is 0 Å². The van der Waals surface area contributed by atoms with Crippen molar-refractivity contribution in [3.8, 4) is 0 Å². The van der Waals surface area contributed by atoms with E-state index in [0.29, 0.717) is 12.6 Å². The summed E-state index contributed by atoms with van der Waals surface area (Å²) in [5.74, 6) is 1.14. The third kappa shape index (κ3) is 2.31. The third-order valence-corrected chi connectivity index (χ3v) is 2.35. The molecule has 3 heteroatoms. The lowest BCUT2D eigenvalue weighted by atomic mass is 10.1. The van der Waals surface area contributed by atoms with Crippen LogP contribution >= 0.6 is 0 Å². The maximum Gasteiger partial charge on any atom is 0.108 e. The molecule has 74 valence electrons. The molecule has 0 spiro atoms. The van der Waals surface area contributed by atoms with E-state index in [1.165, 1.54) is 6.42 Å². The van der Waals surface area contributed by atoms with E-state index < -0.39 is 0 Å². The SMILES string of the molecule is CCCC(CN)n1ccnc1CC. The molecule has 0 amide bonds. The lowest BCUT2D eigenvalue weighted by molar-refractivity contribution is 0.456. The maximum absolute atomic E-state index is 5.73. The lowest BCUT2D eigenvalue weighted by Gasteiger charge is -2.17. The number of hydrogen-bond acceptors (Lipinski definition) is 2. The molecule has 0 aromatic carbocycles. The fourth-order valence-electron chi connectivity index (χ4n) is 1.65. The van der Waals surface area contributed by atoms with E-state index in [0.717, 1.165) is 18.7 Å². The third-order valence-electron chi connectivity index (χ3n) is 2.35. The first-order valence-electron chi connectivity index (χ1n) is 5.05. The summed E-state index contributed by atoms with van der Waals surface area (Å²) in [7, 11) is 0. The van der Waals surface area contributed by atoms with E-state index in [9.17, 15) is 0 Å². The average molecular weight is 181 g/mol. The van der Waals surface area contributed by atoms with Crippen LogP contribution < -0.4 is 5.73 Å². The van der Waals surface area contributed by atoms with Crippen molar-refractivity contribution in [1.82, 2.24) is 9.55 Å². The Morgan fingerprint density at radius 2 is 2.31 bits per heavy atom. The van der Waals surface area contributed by atoms with Crippen LogP contribution in [0.3, 0.4) is 0 Å². The van der Waals surface area contributed by atoms with Crippen molar-refractivity contribution < 1.29 is 0 Å². The van der Waals surface area contributed by atoms with Gasteiger partial charge in [0.2, 0.25) is 0 Å². The zero-order chi connectivity index (χ0) is 9.68. The van der Waals surface area contributed by atoms with Gasteiger partial charge in [0.1, 0.15) is 5.82 Å². The maximum atomic E-state index is 5.73. The van der Waals surface area contributed by atoms with Crippen molar-refractivity contribution in [3.05, 3.63) is 18.2 Å². The van der Waals surface area contributed by atoms with Crippen molar-refractivity contribution in [1.29, 1.82) is 0 Å². The predicted molar refractivity (Wildman–Crippen MR) is 54.6 cm³/mol. The Morgan fingerprint density at radius 3 is 2.85 bits per heavy atom. The highest BCUT2D eigenvalue weighted by molar-refractivity contribution is 4.95. The van der Waals surface area contributed by atoms with E-state index in [1.807, 2.05) is 12.4 Å². The summed E-state index contributed by atoms with van der Waals surface area (Å²) in [6.07, 6.45) is 7.18. The molecule has 0 saturated heterocycles. The predicted octanol–water partition coefficient (Wildman–Crippen LogP) is 1.75. The molecule has 0 bridgehead atoms. The van der Waals surface area contributed by atoms with Crippen LogP contribution in [-0.2, 0) is 6.42 Å². The highest BCUT2D eigenvalue weighted by Crippen LogP contribution is 2.14. The smallest absolute Gasteiger partial charge is 0.108 e. The lowest BCUT2D eigenvalue weighted by Crippen LogP contribution is -2.20. The van der Waals surface area contributed by atoms with Gasteiger partial charge in [0.15, 0.2) is 0 Å². The summed E-state index contributed by atoms with van der Waals surface area (Å²) in [4.78, 5) is 4.29. The molecular weight excluding hydrogens is 162 g/mol. The summed E-state index contributed by atoms with van der Waals surface area (Å²) in [6, 6.07) is 0.433. The highest BCUT2D eigenvalue weighted by atomic mass is 15.1. The van der Waals surface area contributed by atoms with Gasteiger partial charge in [-0.15, -0.1) is 0 Å². The first kappa shape index (κ1) is 10.3. The molecule has 0 radical (unpaired) electrons. The number of hydrogen-bond donors (Lipinski definition) is 1. The quantitative estimate of drug-likeness (QED) is 0.752.